The van der Waals surface area contributed by atoms with Crippen molar-refractivity contribution in [1.29, 1.82) is 0 Å². The molecule has 4 amide bonds. The molecule has 7 atom stereocenters. The average Bonchev–Trinajstić information content (AvgIpc) is 3.67. The lowest BCUT2D eigenvalue weighted by atomic mass is 9.46. The maximum absolute atomic E-state index is 13.8. The quantitative estimate of drug-likeness (QED) is 0.0824. The van der Waals surface area contributed by atoms with Gasteiger partial charge in [0.2, 0.25) is 17.7 Å². The van der Waals surface area contributed by atoms with E-state index in [1.54, 1.807) is 13.2 Å². The van der Waals surface area contributed by atoms with Crippen LogP contribution in [0.15, 0.2) is 29.0 Å². The van der Waals surface area contributed by atoms with Crippen LogP contribution in [0.3, 0.4) is 0 Å². The predicted molar refractivity (Wildman–Crippen MR) is 184 cm³/mol. The summed E-state index contributed by atoms with van der Waals surface area (Å²) in [4.78, 5) is 70.0. The van der Waals surface area contributed by atoms with Gasteiger partial charge in [-0.2, -0.15) is 0 Å². The first-order valence-electron chi connectivity index (χ1n) is 17.4. The third-order valence-electron chi connectivity index (χ3n) is 11.6. The molecule has 5 aliphatic rings. The number of hydrogen-bond donors (Lipinski definition) is 6. The highest BCUT2D eigenvalue weighted by atomic mass is 16.6. The van der Waals surface area contributed by atoms with Gasteiger partial charge in [-0.15, -0.1) is 0 Å². The van der Waals surface area contributed by atoms with E-state index < -0.39 is 72.1 Å². The van der Waals surface area contributed by atoms with Gasteiger partial charge in [-0.3, -0.25) is 24.2 Å². The van der Waals surface area contributed by atoms with Crippen LogP contribution in [-0.4, -0.2) is 120 Å². The number of hydrogen-bond acceptors (Lipinski definition) is 10. The van der Waals surface area contributed by atoms with Crippen LogP contribution in [0.1, 0.15) is 56.6 Å². The van der Waals surface area contributed by atoms with Gasteiger partial charge in [0.15, 0.2) is 23.6 Å². The molecule has 8 N–H and O–H groups in total. The number of nitrogens with zero attached hydrogens (tertiary/aromatic N) is 3. The van der Waals surface area contributed by atoms with Crippen molar-refractivity contribution in [3.63, 3.8) is 0 Å². The highest BCUT2D eigenvalue weighted by Gasteiger charge is 2.82. The molecular weight excluding hydrogens is 678 g/mol. The summed E-state index contributed by atoms with van der Waals surface area (Å²) in [5.74, 6) is -1.75. The van der Waals surface area contributed by atoms with Crippen LogP contribution in [0, 0.1) is 11.3 Å². The van der Waals surface area contributed by atoms with Crippen LogP contribution in [0.2, 0.25) is 0 Å². The molecule has 2 fully saturated rings. The monoisotopic (exact) mass is 725 g/mol. The molecule has 2 spiro atoms. The number of benzene rings is 1. The number of aliphatic imine (C=N–C) groups is 1. The Balaban J connectivity index is 1.22. The Morgan fingerprint density at radius 1 is 1.13 bits per heavy atom. The normalized spacial score (nSPS) is 27.9. The van der Waals surface area contributed by atoms with Gasteiger partial charge in [0, 0.05) is 38.5 Å². The fourth-order valence-corrected chi connectivity index (χ4v) is 9.26. The van der Waals surface area contributed by atoms with Crippen molar-refractivity contribution in [2.75, 3.05) is 40.8 Å². The Morgan fingerprint density at radius 3 is 2.56 bits per heavy atom. The number of carboxylic acids is 1. The molecule has 0 radical (unpaired) electrons. The molecule has 17 heteroatoms. The highest BCUT2D eigenvalue weighted by Crippen LogP contribution is 2.79. The summed E-state index contributed by atoms with van der Waals surface area (Å²) in [5.41, 5.74) is 10.5. The molecule has 0 aromatic heterocycles. The molecule has 1 aromatic carbocycles. The van der Waals surface area contributed by atoms with E-state index in [0.717, 1.165) is 40.2 Å². The molecule has 6 rings (SSSR count). The second-order valence-electron chi connectivity index (χ2n) is 14.6. The Labute approximate surface area is 300 Å². The first-order valence-corrected chi connectivity index (χ1v) is 17.4. The molecule has 2 bridgehead atoms. The van der Waals surface area contributed by atoms with Crippen LogP contribution in [0.5, 0.6) is 11.5 Å². The van der Waals surface area contributed by atoms with Crippen molar-refractivity contribution in [1.82, 2.24) is 20.4 Å². The molecule has 1 aromatic rings. The van der Waals surface area contributed by atoms with Crippen LogP contribution < -0.4 is 31.6 Å². The number of rotatable bonds is 14. The third-order valence-corrected chi connectivity index (χ3v) is 11.6. The minimum atomic E-state index is -1.42. The molecule has 4 aliphatic carbocycles. The standard InChI is InChI=1S/C35H47N7O10/c1-18(43)39-21(6-5-13-38-31(36)37)29(46)40-22(30(47)41(2)17-25(44)45)16-42(3)32(48)51-24-10-12-35(49)33-14-19-7-8-23(50-4)27-26(19)34(35,28(24)52-27)11-9-20(33)15-33/h7-8,10,20-22,28,49H,5-6,9,11-17H2,1-4H3,(H,39,43)(H,40,46)(H,44,45)(H4,36,37,38)/t20-,21-,22-,28?,33?,34-,35?/m0/s1. The molecule has 2 saturated carbocycles. The molecule has 1 heterocycles. The molecule has 0 saturated heterocycles. The van der Waals surface area contributed by atoms with Crippen LogP contribution in [-0.2, 0) is 35.8 Å². The van der Waals surface area contributed by atoms with Crippen LogP contribution in [0.25, 0.3) is 0 Å². The van der Waals surface area contributed by atoms with Gasteiger partial charge in [-0.25, -0.2) is 4.79 Å². The second kappa shape index (κ2) is 13.5. The minimum Gasteiger partial charge on any atom is -0.493 e. The number of ether oxygens (including phenoxy) is 3. The van der Waals surface area contributed by atoms with E-state index in [1.165, 1.54) is 21.0 Å². The number of nitrogens with two attached hydrogens (primary N) is 2. The van der Waals surface area contributed by atoms with E-state index in [9.17, 15) is 34.2 Å². The fraction of sp³-hybridized carbons (Fsp3) is 0.600. The van der Waals surface area contributed by atoms with Crippen LogP contribution in [0.4, 0.5) is 4.79 Å². The highest BCUT2D eigenvalue weighted by molar-refractivity contribution is 5.93. The largest absolute Gasteiger partial charge is 0.493 e. The number of methoxy groups -OCH3 is 1. The number of likely N-dealkylation sites (N-methyl/N-ethyl adjacent to an activating group) is 2. The summed E-state index contributed by atoms with van der Waals surface area (Å²) in [6, 6.07) is 1.40. The summed E-state index contributed by atoms with van der Waals surface area (Å²) in [6.07, 6.45) is 3.92. The van der Waals surface area contributed by atoms with Gasteiger partial charge in [0.05, 0.1) is 24.7 Å². The fourth-order valence-electron chi connectivity index (χ4n) is 9.26. The number of aliphatic carboxylic acids is 1. The number of amides is 4. The van der Waals surface area contributed by atoms with E-state index in [-0.39, 0.29) is 36.5 Å². The van der Waals surface area contributed by atoms with Gasteiger partial charge in [0.1, 0.15) is 24.4 Å². The van der Waals surface area contributed by atoms with Gasteiger partial charge in [-0.1, -0.05) is 6.07 Å². The van der Waals surface area contributed by atoms with Gasteiger partial charge >= 0.3 is 12.1 Å². The van der Waals surface area contributed by atoms with E-state index in [2.05, 4.69) is 15.6 Å². The van der Waals surface area contributed by atoms with Gasteiger partial charge < -0.3 is 56.3 Å². The lowest BCUT2D eigenvalue weighted by Crippen LogP contribution is -2.69. The number of carbonyl (C=O) groups is 5. The van der Waals surface area contributed by atoms with Crippen molar-refractivity contribution in [2.24, 2.45) is 27.8 Å². The maximum atomic E-state index is 13.8. The molecular formula is C35H47N7O10. The Hall–Kier alpha value is -5.06. The lowest BCUT2D eigenvalue weighted by Gasteiger charge is -2.59. The second-order valence-corrected chi connectivity index (χ2v) is 14.6. The zero-order valence-electron chi connectivity index (χ0n) is 29.8. The number of aliphatic hydroxyl groups is 1. The van der Waals surface area contributed by atoms with Crippen molar-refractivity contribution >= 4 is 35.7 Å². The van der Waals surface area contributed by atoms with Crippen molar-refractivity contribution in [2.45, 2.75) is 81.1 Å². The smallest absolute Gasteiger partial charge is 0.414 e. The van der Waals surface area contributed by atoms with Crippen molar-refractivity contribution < 1.29 is 48.4 Å². The van der Waals surface area contributed by atoms with E-state index in [4.69, 9.17) is 25.7 Å². The Bertz CT molecular complexity index is 1750. The van der Waals surface area contributed by atoms with Crippen molar-refractivity contribution in [3.8, 4) is 11.5 Å². The van der Waals surface area contributed by atoms with E-state index in [0.29, 0.717) is 30.3 Å². The summed E-state index contributed by atoms with van der Waals surface area (Å²) in [5, 5.41) is 27.1. The molecule has 17 nitrogen and oxygen atoms in total. The first kappa shape index (κ1) is 36.7. The molecule has 3 unspecified atom stereocenters. The zero-order chi connectivity index (χ0) is 37.7. The van der Waals surface area contributed by atoms with Crippen molar-refractivity contribution in [3.05, 3.63) is 35.1 Å². The Morgan fingerprint density at radius 2 is 1.88 bits per heavy atom. The molecule has 282 valence electrons. The minimum absolute atomic E-state index is 0.118. The summed E-state index contributed by atoms with van der Waals surface area (Å²) in [7, 11) is 4.18. The predicted octanol–water partition coefficient (Wildman–Crippen LogP) is -0.277. The molecule has 52 heavy (non-hydrogen) atoms. The Kier molecular flexibility index (Phi) is 9.52. The summed E-state index contributed by atoms with van der Waals surface area (Å²) in [6.45, 7) is 0.337. The van der Waals surface area contributed by atoms with Gasteiger partial charge in [0.25, 0.3) is 0 Å². The number of guanidine groups is 1. The average molecular weight is 726 g/mol. The molecule has 1 aliphatic heterocycles. The summed E-state index contributed by atoms with van der Waals surface area (Å²) < 4.78 is 18.3. The third kappa shape index (κ3) is 5.93. The van der Waals surface area contributed by atoms with E-state index in [1.807, 2.05) is 12.1 Å². The number of carbonyl (C=O) groups excluding carboxylic acids is 4. The topological polar surface area (TPSA) is 248 Å². The first-order chi connectivity index (χ1) is 24.6. The van der Waals surface area contributed by atoms with E-state index >= 15 is 0 Å². The zero-order valence-corrected chi connectivity index (χ0v) is 29.8. The van der Waals surface area contributed by atoms with Gasteiger partial charge in [-0.05, 0) is 68.6 Å². The SMILES string of the molecule is COc1ccc2c3c1OC1C(OC(=O)N(C)C[C@H](NC(=O)[C@H](CCCN=C(N)N)NC(C)=O)C(=O)N(C)CC(=O)O)=CCC4(O)C5(C2)C[C@@H]5CC[C@]314. The maximum Gasteiger partial charge on any atom is 0.414 e. The summed E-state index contributed by atoms with van der Waals surface area (Å²) >= 11 is 0. The lowest BCUT2D eigenvalue weighted by molar-refractivity contribution is -0.160. The number of carboxylic acid groups (broad SMARTS) is 1. The number of nitrogens with one attached hydrogen (secondary N) is 2. The van der Waals surface area contributed by atoms with Crippen LogP contribution >= 0.6 is 0 Å².